The number of benzene rings is 2. The standard InChI is InChI=1S/C22H17FN4O/c1-26-20-7-6-14(10-15(20)11-25-26)18-12-24-13-21-16(18)8-9-27(21)22(28)17-4-2-3-5-19(17)23/h2-7,10-13H,8-9H2,1H3. The molecule has 0 spiro atoms. The molecule has 0 fully saturated rings. The van der Waals surface area contributed by atoms with Crippen molar-refractivity contribution in [1.82, 2.24) is 14.8 Å². The Bertz CT molecular complexity index is 1230. The smallest absolute Gasteiger partial charge is 0.261 e. The Morgan fingerprint density at radius 2 is 1.96 bits per heavy atom. The van der Waals surface area contributed by atoms with Crippen molar-refractivity contribution in [3.8, 4) is 11.1 Å². The van der Waals surface area contributed by atoms with E-state index in [0.717, 1.165) is 33.3 Å². The molecule has 0 saturated heterocycles. The van der Waals surface area contributed by atoms with Gasteiger partial charge in [0, 0.05) is 30.7 Å². The van der Waals surface area contributed by atoms with E-state index >= 15 is 0 Å². The van der Waals surface area contributed by atoms with Gasteiger partial charge in [-0.05, 0) is 41.8 Å². The second-order valence-electron chi connectivity index (χ2n) is 6.91. The molecule has 0 atom stereocenters. The van der Waals surface area contributed by atoms with Crippen molar-refractivity contribution in [2.24, 2.45) is 7.05 Å². The van der Waals surface area contributed by atoms with Crippen LogP contribution in [0, 0.1) is 5.82 Å². The summed E-state index contributed by atoms with van der Waals surface area (Å²) in [6, 6.07) is 12.2. The van der Waals surface area contributed by atoms with Crippen LogP contribution in [0.4, 0.5) is 10.1 Å². The fourth-order valence-corrected chi connectivity index (χ4v) is 3.89. The van der Waals surface area contributed by atoms with E-state index in [1.165, 1.54) is 12.1 Å². The second-order valence-corrected chi connectivity index (χ2v) is 6.91. The van der Waals surface area contributed by atoms with E-state index < -0.39 is 5.82 Å². The van der Waals surface area contributed by atoms with Crippen molar-refractivity contribution >= 4 is 22.5 Å². The van der Waals surface area contributed by atoms with E-state index in [9.17, 15) is 9.18 Å². The third-order valence-corrected chi connectivity index (χ3v) is 5.32. The Morgan fingerprint density at radius 1 is 1.11 bits per heavy atom. The van der Waals surface area contributed by atoms with Crippen LogP contribution < -0.4 is 4.90 Å². The Kier molecular flexibility index (Phi) is 3.72. The van der Waals surface area contributed by atoms with Crippen LogP contribution in [0.15, 0.2) is 61.1 Å². The van der Waals surface area contributed by atoms with Gasteiger partial charge < -0.3 is 4.90 Å². The molecule has 28 heavy (non-hydrogen) atoms. The number of hydrogen-bond donors (Lipinski definition) is 0. The fraction of sp³-hybridized carbons (Fsp3) is 0.136. The Morgan fingerprint density at radius 3 is 2.82 bits per heavy atom. The van der Waals surface area contributed by atoms with Crippen LogP contribution >= 0.6 is 0 Å². The second kappa shape index (κ2) is 6.27. The molecule has 1 aliphatic heterocycles. The first-order valence-corrected chi connectivity index (χ1v) is 9.09. The zero-order valence-corrected chi connectivity index (χ0v) is 15.3. The number of aromatic nitrogens is 3. The zero-order chi connectivity index (χ0) is 19.3. The van der Waals surface area contributed by atoms with Crippen molar-refractivity contribution in [2.45, 2.75) is 6.42 Å². The van der Waals surface area contributed by atoms with E-state index in [0.29, 0.717) is 13.0 Å². The third kappa shape index (κ3) is 2.49. The minimum atomic E-state index is -0.507. The van der Waals surface area contributed by atoms with E-state index in [1.807, 2.05) is 36.3 Å². The molecule has 5 rings (SSSR count). The molecule has 0 bridgehead atoms. The van der Waals surface area contributed by atoms with E-state index in [4.69, 9.17) is 0 Å². The number of rotatable bonds is 2. The van der Waals surface area contributed by atoms with Crippen molar-refractivity contribution in [3.05, 3.63) is 78.0 Å². The first kappa shape index (κ1) is 16.6. The van der Waals surface area contributed by atoms with Crippen LogP contribution in [0.1, 0.15) is 15.9 Å². The molecule has 0 aliphatic carbocycles. The molecule has 2 aromatic carbocycles. The van der Waals surface area contributed by atoms with Crippen molar-refractivity contribution < 1.29 is 9.18 Å². The van der Waals surface area contributed by atoms with Gasteiger partial charge in [-0.2, -0.15) is 5.10 Å². The van der Waals surface area contributed by atoms with E-state index in [2.05, 4.69) is 16.1 Å². The lowest BCUT2D eigenvalue weighted by Gasteiger charge is -2.18. The van der Waals surface area contributed by atoms with Crippen LogP contribution in [0.5, 0.6) is 0 Å². The maximum atomic E-state index is 14.1. The van der Waals surface area contributed by atoms with E-state index in [-0.39, 0.29) is 11.5 Å². The van der Waals surface area contributed by atoms with Crippen molar-refractivity contribution in [2.75, 3.05) is 11.4 Å². The first-order chi connectivity index (χ1) is 13.6. The summed E-state index contributed by atoms with van der Waals surface area (Å²) < 4.78 is 15.9. The van der Waals surface area contributed by atoms with Crippen LogP contribution in [0.3, 0.4) is 0 Å². The molecule has 2 aromatic heterocycles. The molecule has 4 aromatic rings. The lowest BCUT2D eigenvalue weighted by atomic mass is 9.99. The van der Waals surface area contributed by atoms with Gasteiger partial charge in [0.05, 0.1) is 29.2 Å². The number of carbonyl (C=O) groups is 1. The highest BCUT2D eigenvalue weighted by molar-refractivity contribution is 6.08. The van der Waals surface area contributed by atoms with Gasteiger partial charge >= 0.3 is 0 Å². The highest BCUT2D eigenvalue weighted by Gasteiger charge is 2.29. The number of carbonyl (C=O) groups excluding carboxylic acids is 1. The van der Waals surface area contributed by atoms with Crippen LogP contribution in [0.2, 0.25) is 0 Å². The molecule has 0 radical (unpaired) electrons. The van der Waals surface area contributed by atoms with Gasteiger partial charge in [-0.1, -0.05) is 18.2 Å². The van der Waals surface area contributed by atoms with Gasteiger partial charge in [0.25, 0.3) is 5.91 Å². The lowest BCUT2D eigenvalue weighted by molar-refractivity contribution is 0.0985. The highest BCUT2D eigenvalue weighted by atomic mass is 19.1. The normalized spacial score (nSPS) is 13.1. The topological polar surface area (TPSA) is 51.0 Å². The summed E-state index contributed by atoms with van der Waals surface area (Å²) >= 11 is 0. The average Bonchev–Trinajstić information content (AvgIpc) is 3.31. The minimum Gasteiger partial charge on any atom is -0.306 e. The third-order valence-electron chi connectivity index (χ3n) is 5.32. The zero-order valence-electron chi connectivity index (χ0n) is 15.3. The summed E-state index contributed by atoms with van der Waals surface area (Å²) in [6.07, 6.45) is 6.06. The number of hydrogen-bond acceptors (Lipinski definition) is 3. The van der Waals surface area contributed by atoms with E-state index in [1.54, 1.807) is 23.2 Å². The van der Waals surface area contributed by atoms with Crippen LogP contribution in [0.25, 0.3) is 22.0 Å². The monoisotopic (exact) mass is 372 g/mol. The molecule has 6 heteroatoms. The number of aryl methyl sites for hydroxylation is 1. The molecule has 3 heterocycles. The molecule has 0 unspecified atom stereocenters. The highest BCUT2D eigenvalue weighted by Crippen LogP contribution is 2.37. The Hall–Kier alpha value is -3.54. The Labute approximate surface area is 161 Å². The van der Waals surface area contributed by atoms with Gasteiger partial charge in [0.2, 0.25) is 0 Å². The average molecular weight is 372 g/mol. The van der Waals surface area contributed by atoms with Gasteiger partial charge in [0.15, 0.2) is 0 Å². The summed E-state index contributed by atoms with van der Waals surface area (Å²) in [7, 11) is 1.91. The molecule has 1 aliphatic rings. The van der Waals surface area contributed by atoms with Gasteiger partial charge in [-0.25, -0.2) is 4.39 Å². The number of anilines is 1. The van der Waals surface area contributed by atoms with Gasteiger partial charge in [0.1, 0.15) is 5.82 Å². The van der Waals surface area contributed by atoms with Gasteiger partial charge in [-0.3, -0.25) is 14.5 Å². The molecule has 1 amide bonds. The summed E-state index contributed by atoms with van der Waals surface area (Å²) in [5.74, 6) is -0.842. The minimum absolute atomic E-state index is 0.0810. The summed E-state index contributed by atoms with van der Waals surface area (Å²) in [4.78, 5) is 18.9. The molecule has 138 valence electrons. The number of fused-ring (bicyclic) bond motifs is 2. The lowest BCUT2D eigenvalue weighted by Crippen LogP contribution is -2.29. The number of halogens is 1. The van der Waals surface area contributed by atoms with Crippen LogP contribution in [-0.4, -0.2) is 27.2 Å². The predicted molar refractivity (Wildman–Crippen MR) is 106 cm³/mol. The quantitative estimate of drug-likeness (QED) is 0.535. The Balaban J connectivity index is 1.57. The maximum Gasteiger partial charge on any atom is 0.261 e. The maximum absolute atomic E-state index is 14.1. The molecule has 0 N–H and O–H groups in total. The fourth-order valence-electron chi connectivity index (χ4n) is 3.89. The number of pyridine rings is 1. The summed E-state index contributed by atoms with van der Waals surface area (Å²) in [5, 5.41) is 5.34. The molecular weight excluding hydrogens is 355 g/mol. The van der Waals surface area contributed by atoms with Gasteiger partial charge in [-0.15, -0.1) is 0 Å². The summed E-state index contributed by atoms with van der Waals surface area (Å²) in [6.45, 7) is 0.510. The van der Waals surface area contributed by atoms with Crippen LogP contribution in [-0.2, 0) is 13.5 Å². The largest absolute Gasteiger partial charge is 0.306 e. The van der Waals surface area contributed by atoms with Crippen molar-refractivity contribution in [1.29, 1.82) is 0 Å². The number of amides is 1. The molecule has 5 nitrogen and oxygen atoms in total. The predicted octanol–water partition coefficient (Wildman–Crippen LogP) is 3.98. The molecule has 0 saturated carbocycles. The first-order valence-electron chi connectivity index (χ1n) is 9.09. The summed E-state index contributed by atoms with van der Waals surface area (Å²) in [5.41, 5.74) is 4.97. The molecular formula is C22H17FN4O. The number of nitrogens with zero attached hydrogens (tertiary/aromatic N) is 4. The van der Waals surface area contributed by atoms with Crippen molar-refractivity contribution in [3.63, 3.8) is 0 Å². The SMILES string of the molecule is Cn1ncc2cc(-c3cncc4c3CCN4C(=O)c3ccccc3F)ccc21.